The molecular formula is C22H28N6O. The molecule has 3 aromatic rings. The molecule has 29 heavy (non-hydrogen) atoms. The summed E-state index contributed by atoms with van der Waals surface area (Å²) in [7, 11) is 0. The van der Waals surface area contributed by atoms with Gasteiger partial charge in [-0.25, -0.2) is 4.68 Å². The second kappa shape index (κ2) is 8.69. The van der Waals surface area contributed by atoms with E-state index in [1.165, 1.54) is 10.9 Å². The third-order valence-electron chi connectivity index (χ3n) is 5.77. The van der Waals surface area contributed by atoms with Crippen molar-refractivity contribution in [1.29, 1.82) is 0 Å². The van der Waals surface area contributed by atoms with Crippen LogP contribution in [-0.4, -0.2) is 61.9 Å². The van der Waals surface area contributed by atoms with Gasteiger partial charge in [0.15, 0.2) is 5.69 Å². The molecular weight excluding hydrogens is 364 g/mol. The number of hydrogen-bond donors (Lipinski definition) is 0. The SMILES string of the molecule is CCN(CC)C(=O)c1cn(C2CCCN(Cc3ccnc4ccccc34)C2)nn1. The monoisotopic (exact) mass is 392 g/mol. The fraction of sp³-hybridized carbons (Fsp3) is 0.455. The molecule has 0 spiro atoms. The summed E-state index contributed by atoms with van der Waals surface area (Å²) in [6.45, 7) is 8.17. The number of benzene rings is 1. The Balaban J connectivity index is 1.47. The lowest BCUT2D eigenvalue weighted by Crippen LogP contribution is -2.36. The van der Waals surface area contributed by atoms with Crippen molar-refractivity contribution in [2.75, 3.05) is 26.2 Å². The number of para-hydroxylation sites is 1. The summed E-state index contributed by atoms with van der Waals surface area (Å²) in [6, 6.07) is 10.6. The Bertz CT molecular complexity index is 975. The van der Waals surface area contributed by atoms with Crippen molar-refractivity contribution >= 4 is 16.8 Å². The summed E-state index contributed by atoms with van der Waals surface area (Å²) in [6.07, 6.45) is 5.86. The zero-order chi connectivity index (χ0) is 20.2. The van der Waals surface area contributed by atoms with Gasteiger partial charge in [-0.3, -0.25) is 14.7 Å². The van der Waals surface area contributed by atoms with E-state index in [1.807, 2.05) is 37.0 Å². The Kier molecular flexibility index (Phi) is 5.85. The number of carbonyl (C=O) groups excluding carboxylic acids is 1. The maximum atomic E-state index is 12.5. The van der Waals surface area contributed by atoms with Crippen LogP contribution in [0.15, 0.2) is 42.7 Å². The van der Waals surface area contributed by atoms with Crippen LogP contribution in [0.2, 0.25) is 0 Å². The van der Waals surface area contributed by atoms with Crippen LogP contribution in [0.25, 0.3) is 10.9 Å². The van der Waals surface area contributed by atoms with Gasteiger partial charge in [-0.2, -0.15) is 0 Å². The van der Waals surface area contributed by atoms with Crippen LogP contribution in [0, 0.1) is 0 Å². The standard InChI is InChI=1S/C22H28N6O/c1-3-27(4-2)22(29)21-16-28(25-24-21)18-8-7-13-26(15-18)14-17-11-12-23-20-10-6-5-9-19(17)20/h5-6,9-12,16,18H,3-4,7-8,13-15H2,1-2H3. The second-order valence-corrected chi connectivity index (χ2v) is 7.58. The molecule has 0 N–H and O–H groups in total. The molecule has 1 unspecified atom stereocenters. The Morgan fingerprint density at radius 3 is 2.86 bits per heavy atom. The van der Waals surface area contributed by atoms with Gasteiger partial charge in [-0.15, -0.1) is 5.10 Å². The number of piperidine rings is 1. The lowest BCUT2D eigenvalue weighted by Gasteiger charge is -2.32. The molecule has 0 saturated carbocycles. The minimum atomic E-state index is -0.0443. The summed E-state index contributed by atoms with van der Waals surface area (Å²) < 4.78 is 1.88. The lowest BCUT2D eigenvalue weighted by atomic mass is 10.0. The molecule has 1 aliphatic rings. The first-order valence-corrected chi connectivity index (χ1v) is 10.5. The molecule has 1 atom stereocenters. The van der Waals surface area contributed by atoms with E-state index in [0.717, 1.165) is 38.0 Å². The molecule has 1 amide bonds. The van der Waals surface area contributed by atoms with Crippen molar-refractivity contribution in [3.63, 3.8) is 0 Å². The van der Waals surface area contributed by atoms with Crippen molar-refractivity contribution in [2.24, 2.45) is 0 Å². The van der Waals surface area contributed by atoms with Gasteiger partial charge < -0.3 is 4.90 Å². The molecule has 0 radical (unpaired) electrons. The third-order valence-corrected chi connectivity index (χ3v) is 5.77. The number of likely N-dealkylation sites (tertiary alicyclic amines) is 1. The van der Waals surface area contributed by atoms with Gasteiger partial charge in [0.1, 0.15) is 0 Å². The second-order valence-electron chi connectivity index (χ2n) is 7.58. The van der Waals surface area contributed by atoms with E-state index in [2.05, 4.69) is 44.5 Å². The van der Waals surface area contributed by atoms with Crippen LogP contribution in [-0.2, 0) is 6.54 Å². The number of rotatable bonds is 6. The Labute approximate surface area is 171 Å². The van der Waals surface area contributed by atoms with E-state index in [4.69, 9.17) is 0 Å². The third kappa shape index (κ3) is 4.15. The lowest BCUT2D eigenvalue weighted by molar-refractivity contribution is 0.0767. The Hall–Kier alpha value is -2.80. The van der Waals surface area contributed by atoms with Gasteiger partial charge in [0, 0.05) is 37.8 Å². The van der Waals surface area contributed by atoms with Gasteiger partial charge >= 0.3 is 0 Å². The number of hydrogen-bond acceptors (Lipinski definition) is 5. The number of aromatic nitrogens is 4. The predicted octanol–water partition coefficient (Wildman–Crippen LogP) is 3.15. The zero-order valence-electron chi connectivity index (χ0n) is 17.2. The summed E-state index contributed by atoms with van der Waals surface area (Å²) in [5.74, 6) is -0.0443. The number of amides is 1. The van der Waals surface area contributed by atoms with Gasteiger partial charge in [-0.1, -0.05) is 23.4 Å². The van der Waals surface area contributed by atoms with E-state index < -0.39 is 0 Å². The van der Waals surface area contributed by atoms with Crippen molar-refractivity contribution < 1.29 is 4.79 Å². The number of fused-ring (bicyclic) bond motifs is 1. The molecule has 0 bridgehead atoms. The molecule has 2 aromatic heterocycles. The van der Waals surface area contributed by atoms with Crippen molar-refractivity contribution in [1.82, 2.24) is 29.8 Å². The summed E-state index contributed by atoms with van der Waals surface area (Å²) in [5.41, 5.74) is 2.77. The minimum absolute atomic E-state index is 0.0443. The van der Waals surface area contributed by atoms with E-state index in [-0.39, 0.29) is 11.9 Å². The van der Waals surface area contributed by atoms with Crippen molar-refractivity contribution in [2.45, 2.75) is 39.3 Å². The molecule has 1 aromatic carbocycles. The maximum absolute atomic E-state index is 12.5. The predicted molar refractivity (Wildman–Crippen MR) is 113 cm³/mol. The number of pyridine rings is 1. The first-order chi connectivity index (χ1) is 14.2. The fourth-order valence-electron chi connectivity index (χ4n) is 4.15. The molecule has 0 aliphatic carbocycles. The number of nitrogens with zero attached hydrogens (tertiary/aromatic N) is 6. The highest BCUT2D eigenvalue weighted by atomic mass is 16.2. The van der Waals surface area contributed by atoms with Crippen LogP contribution >= 0.6 is 0 Å². The van der Waals surface area contributed by atoms with Crippen LogP contribution in [0.5, 0.6) is 0 Å². The fourth-order valence-corrected chi connectivity index (χ4v) is 4.15. The molecule has 7 nitrogen and oxygen atoms in total. The average Bonchev–Trinajstić information content (AvgIpc) is 3.25. The molecule has 1 fully saturated rings. The highest BCUT2D eigenvalue weighted by Crippen LogP contribution is 2.24. The first-order valence-electron chi connectivity index (χ1n) is 10.5. The van der Waals surface area contributed by atoms with Crippen LogP contribution in [0.4, 0.5) is 0 Å². The van der Waals surface area contributed by atoms with Gasteiger partial charge in [0.2, 0.25) is 0 Å². The van der Waals surface area contributed by atoms with E-state index in [9.17, 15) is 4.79 Å². The maximum Gasteiger partial charge on any atom is 0.276 e. The van der Waals surface area contributed by atoms with Gasteiger partial charge in [0.05, 0.1) is 17.8 Å². The average molecular weight is 393 g/mol. The van der Waals surface area contributed by atoms with E-state index in [1.54, 1.807) is 4.90 Å². The van der Waals surface area contributed by atoms with E-state index >= 15 is 0 Å². The quantitative estimate of drug-likeness (QED) is 0.645. The number of carbonyl (C=O) groups is 1. The Morgan fingerprint density at radius 2 is 2.03 bits per heavy atom. The van der Waals surface area contributed by atoms with E-state index in [0.29, 0.717) is 18.8 Å². The Morgan fingerprint density at radius 1 is 1.21 bits per heavy atom. The van der Waals surface area contributed by atoms with Crippen LogP contribution in [0.1, 0.15) is 48.8 Å². The molecule has 4 rings (SSSR count). The highest BCUT2D eigenvalue weighted by Gasteiger charge is 2.24. The summed E-state index contributed by atoms with van der Waals surface area (Å²) >= 11 is 0. The summed E-state index contributed by atoms with van der Waals surface area (Å²) in [4.78, 5) is 21.2. The van der Waals surface area contributed by atoms with Gasteiger partial charge in [0.25, 0.3) is 5.91 Å². The van der Waals surface area contributed by atoms with Gasteiger partial charge in [-0.05, 0) is 50.9 Å². The molecule has 7 heteroatoms. The van der Waals surface area contributed by atoms with Crippen molar-refractivity contribution in [3.8, 4) is 0 Å². The van der Waals surface area contributed by atoms with Crippen molar-refractivity contribution in [3.05, 3.63) is 54.0 Å². The first kappa shape index (κ1) is 19.5. The molecule has 1 saturated heterocycles. The largest absolute Gasteiger partial charge is 0.338 e. The smallest absolute Gasteiger partial charge is 0.276 e. The topological polar surface area (TPSA) is 67.2 Å². The highest BCUT2D eigenvalue weighted by molar-refractivity contribution is 5.91. The molecule has 3 heterocycles. The zero-order valence-corrected chi connectivity index (χ0v) is 17.2. The van der Waals surface area contributed by atoms with Crippen LogP contribution < -0.4 is 0 Å². The molecule has 152 valence electrons. The summed E-state index contributed by atoms with van der Waals surface area (Å²) in [5, 5.41) is 9.65. The molecule has 1 aliphatic heterocycles. The normalized spacial score (nSPS) is 17.5. The van der Waals surface area contributed by atoms with Crippen LogP contribution in [0.3, 0.4) is 0 Å². The minimum Gasteiger partial charge on any atom is -0.338 e.